The van der Waals surface area contributed by atoms with Crippen molar-refractivity contribution in [2.75, 3.05) is 11.9 Å². The summed E-state index contributed by atoms with van der Waals surface area (Å²) in [7, 11) is 0. The number of anilines is 1. The molecule has 106 valence electrons. The van der Waals surface area contributed by atoms with Crippen molar-refractivity contribution < 1.29 is 4.79 Å². The minimum atomic E-state index is -0.161. The van der Waals surface area contributed by atoms with E-state index in [-0.39, 0.29) is 6.03 Å². The van der Waals surface area contributed by atoms with Crippen LogP contribution in [-0.2, 0) is 13.0 Å². The van der Waals surface area contributed by atoms with Crippen LogP contribution in [0, 0.1) is 0 Å². The van der Waals surface area contributed by atoms with Crippen molar-refractivity contribution in [1.82, 2.24) is 15.1 Å². The Kier molecular flexibility index (Phi) is 5.17. The summed E-state index contributed by atoms with van der Waals surface area (Å²) in [4.78, 5) is 11.8. The highest BCUT2D eigenvalue weighted by atomic mass is 16.2. The molecule has 20 heavy (non-hydrogen) atoms. The Hall–Kier alpha value is -2.30. The molecule has 5 nitrogen and oxygen atoms in total. The van der Waals surface area contributed by atoms with Gasteiger partial charge in [-0.15, -0.1) is 0 Å². The van der Waals surface area contributed by atoms with Crippen molar-refractivity contribution in [1.29, 1.82) is 0 Å². The third kappa shape index (κ3) is 4.12. The van der Waals surface area contributed by atoms with Crippen LogP contribution in [0.5, 0.6) is 0 Å². The van der Waals surface area contributed by atoms with Gasteiger partial charge in [0.15, 0.2) is 0 Å². The minimum Gasteiger partial charge on any atom is -0.338 e. The molecule has 0 fully saturated rings. The van der Waals surface area contributed by atoms with Gasteiger partial charge in [0.25, 0.3) is 0 Å². The summed E-state index contributed by atoms with van der Waals surface area (Å²) in [6.07, 6.45) is 5.42. The number of benzene rings is 1. The van der Waals surface area contributed by atoms with Crippen LogP contribution in [0.25, 0.3) is 0 Å². The fourth-order valence-corrected chi connectivity index (χ4v) is 1.99. The molecule has 0 radical (unpaired) electrons. The largest absolute Gasteiger partial charge is 0.338 e. The van der Waals surface area contributed by atoms with E-state index < -0.39 is 0 Å². The van der Waals surface area contributed by atoms with Crippen molar-refractivity contribution >= 4 is 11.7 Å². The van der Waals surface area contributed by atoms with Gasteiger partial charge in [0, 0.05) is 31.2 Å². The highest BCUT2D eigenvalue weighted by molar-refractivity contribution is 5.90. The highest BCUT2D eigenvalue weighted by Gasteiger charge is 2.04. The molecule has 1 heterocycles. The first-order valence-corrected chi connectivity index (χ1v) is 6.89. The lowest BCUT2D eigenvalue weighted by Crippen LogP contribution is -2.30. The number of nitrogens with zero attached hydrogens (tertiary/aromatic N) is 2. The smallest absolute Gasteiger partial charge is 0.319 e. The molecule has 5 heteroatoms. The normalized spacial score (nSPS) is 10.2. The number of urea groups is 1. The lowest BCUT2D eigenvalue weighted by atomic mass is 10.1. The first-order chi connectivity index (χ1) is 9.79. The van der Waals surface area contributed by atoms with E-state index in [9.17, 15) is 4.79 Å². The van der Waals surface area contributed by atoms with Gasteiger partial charge in [-0.3, -0.25) is 4.68 Å². The first-order valence-electron chi connectivity index (χ1n) is 6.89. The zero-order valence-corrected chi connectivity index (χ0v) is 11.7. The monoisotopic (exact) mass is 272 g/mol. The number of aromatic nitrogens is 2. The number of hydrogen-bond acceptors (Lipinski definition) is 2. The van der Waals surface area contributed by atoms with Crippen molar-refractivity contribution in [2.24, 2.45) is 0 Å². The molecule has 0 bridgehead atoms. The third-order valence-electron chi connectivity index (χ3n) is 3.06. The second kappa shape index (κ2) is 7.33. The maximum absolute atomic E-state index is 11.8. The maximum Gasteiger partial charge on any atom is 0.319 e. The van der Waals surface area contributed by atoms with Crippen molar-refractivity contribution in [3.05, 3.63) is 48.3 Å². The Labute approximate surface area is 119 Å². The molecule has 0 atom stereocenters. The van der Waals surface area contributed by atoms with Crippen molar-refractivity contribution in [3.63, 3.8) is 0 Å². The third-order valence-corrected chi connectivity index (χ3v) is 3.06. The van der Waals surface area contributed by atoms with E-state index >= 15 is 0 Å². The van der Waals surface area contributed by atoms with Gasteiger partial charge in [0.2, 0.25) is 0 Å². The first kappa shape index (κ1) is 14.1. The molecule has 1 aromatic carbocycles. The van der Waals surface area contributed by atoms with E-state index in [1.165, 1.54) is 0 Å². The molecule has 2 rings (SSSR count). The lowest BCUT2D eigenvalue weighted by molar-refractivity contribution is 0.251. The minimum absolute atomic E-state index is 0.161. The van der Waals surface area contributed by atoms with Gasteiger partial charge >= 0.3 is 6.03 Å². The summed E-state index contributed by atoms with van der Waals surface area (Å²) in [5.74, 6) is 0. The summed E-state index contributed by atoms with van der Waals surface area (Å²) in [6.45, 7) is 3.50. The number of para-hydroxylation sites is 1. The van der Waals surface area contributed by atoms with Crippen LogP contribution in [0.4, 0.5) is 10.5 Å². The van der Waals surface area contributed by atoms with Gasteiger partial charge in [-0.1, -0.05) is 25.1 Å². The number of rotatable bonds is 6. The molecule has 0 aliphatic carbocycles. The van der Waals surface area contributed by atoms with E-state index in [0.29, 0.717) is 6.54 Å². The van der Waals surface area contributed by atoms with Crippen molar-refractivity contribution in [2.45, 2.75) is 26.3 Å². The van der Waals surface area contributed by atoms with Gasteiger partial charge in [-0.05, 0) is 30.5 Å². The number of amides is 2. The van der Waals surface area contributed by atoms with E-state index in [1.807, 2.05) is 41.2 Å². The van der Waals surface area contributed by atoms with E-state index in [4.69, 9.17) is 0 Å². The van der Waals surface area contributed by atoms with Crippen LogP contribution in [0.2, 0.25) is 0 Å². The van der Waals surface area contributed by atoms with Gasteiger partial charge in [0.1, 0.15) is 0 Å². The van der Waals surface area contributed by atoms with Gasteiger partial charge < -0.3 is 10.6 Å². The molecule has 2 amide bonds. The molecule has 0 aliphatic rings. The molecule has 2 N–H and O–H groups in total. The van der Waals surface area contributed by atoms with Gasteiger partial charge in [0.05, 0.1) is 0 Å². The molecule has 0 saturated heterocycles. The topological polar surface area (TPSA) is 59.0 Å². The van der Waals surface area contributed by atoms with Crippen LogP contribution in [0.15, 0.2) is 42.7 Å². The number of carbonyl (C=O) groups excluding carboxylic acids is 1. The molecule has 0 aliphatic heterocycles. The molecular weight excluding hydrogens is 252 g/mol. The molecular formula is C15H20N4O. The Bertz CT molecular complexity index is 537. The quantitative estimate of drug-likeness (QED) is 0.794. The standard InChI is InChI=1S/C15H20N4O/c1-2-13-7-3-4-8-14(13)18-15(20)16-9-5-11-19-12-6-10-17-19/h3-4,6-8,10,12H,2,5,9,11H2,1H3,(H2,16,18,20). The van der Waals surface area contributed by atoms with E-state index in [2.05, 4.69) is 22.7 Å². The lowest BCUT2D eigenvalue weighted by Gasteiger charge is -2.10. The van der Waals surface area contributed by atoms with Crippen LogP contribution in [-0.4, -0.2) is 22.4 Å². The fraction of sp³-hybridized carbons (Fsp3) is 0.333. The molecule has 2 aromatic rings. The summed E-state index contributed by atoms with van der Waals surface area (Å²) in [5.41, 5.74) is 2.01. The zero-order chi connectivity index (χ0) is 14.2. The Morgan fingerprint density at radius 3 is 2.90 bits per heavy atom. The van der Waals surface area contributed by atoms with E-state index in [0.717, 1.165) is 30.6 Å². The number of hydrogen-bond donors (Lipinski definition) is 2. The van der Waals surface area contributed by atoms with Crippen LogP contribution >= 0.6 is 0 Å². The summed E-state index contributed by atoms with van der Waals surface area (Å²) >= 11 is 0. The second-order valence-electron chi connectivity index (χ2n) is 4.51. The summed E-state index contributed by atoms with van der Waals surface area (Å²) < 4.78 is 1.85. The van der Waals surface area contributed by atoms with Crippen LogP contribution < -0.4 is 10.6 Å². The molecule has 0 spiro atoms. The average molecular weight is 272 g/mol. The predicted octanol–water partition coefficient (Wildman–Crippen LogP) is 2.66. The maximum atomic E-state index is 11.8. The van der Waals surface area contributed by atoms with Crippen LogP contribution in [0.3, 0.4) is 0 Å². The summed E-state index contributed by atoms with van der Waals surface area (Å²) in [5, 5.41) is 9.85. The van der Waals surface area contributed by atoms with Crippen LogP contribution in [0.1, 0.15) is 18.9 Å². The van der Waals surface area contributed by atoms with E-state index in [1.54, 1.807) is 6.20 Å². The van der Waals surface area contributed by atoms with Gasteiger partial charge in [-0.2, -0.15) is 5.10 Å². The molecule has 0 unspecified atom stereocenters. The highest BCUT2D eigenvalue weighted by Crippen LogP contribution is 2.14. The van der Waals surface area contributed by atoms with Gasteiger partial charge in [-0.25, -0.2) is 4.79 Å². The number of carbonyl (C=O) groups is 1. The Balaban J connectivity index is 1.72. The van der Waals surface area contributed by atoms with Crippen molar-refractivity contribution in [3.8, 4) is 0 Å². The number of aryl methyl sites for hydroxylation is 2. The average Bonchev–Trinajstić information content (AvgIpc) is 2.97. The fourth-order valence-electron chi connectivity index (χ4n) is 1.99. The molecule has 0 saturated carbocycles. The summed E-state index contributed by atoms with van der Waals surface area (Å²) in [6, 6.07) is 9.57. The predicted molar refractivity (Wildman–Crippen MR) is 79.7 cm³/mol. The Morgan fingerprint density at radius 2 is 2.15 bits per heavy atom. The Morgan fingerprint density at radius 1 is 1.30 bits per heavy atom. The zero-order valence-electron chi connectivity index (χ0n) is 11.7. The molecule has 1 aromatic heterocycles. The SMILES string of the molecule is CCc1ccccc1NC(=O)NCCCn1cccn1. The second-order valence-corrected chi connectivity index (χ2v) is 4.51. The number of nitrogens with one attached hydrogen (secondary N) is 2.